The molecule has 0 bridgehead atoms. The molecule has 2 N–H and O–H groups in total. The third-order valence-electron chi connectivity index (χ3n) is 4.59. The SMILES string of the molecule is CCOC(=O)c1cccc(NC(=O)NCc2cccn2Cc2ccccc2C)c1. The number of ether oxygens (including phenoxy) is 1. The third kappa shape index (κ3) is 5.48. The zero-order valence-electron chi connectivity index (χ0n) is 16.6. The van der Waals surface area contributed by atoms with Crippen molar-refractivity contribution in [3.63, 3.8) is 0 Å². The van der Waals surface area contributed by atoms with Crippen molar-refractivity contribution in [2.24, 2.45) is 0 Å². The molecule has 0 saturated carbocycles. The first-order valence-corrected chi connectivity index (χ1v) is 9.57. The van der Waals surface area contributed by atoms with Gasteiger partial charge in [0, 0.05) is 24.1 Å². The molecule has 0 radical (unpaired) electrons. The molecule has 6 heteroatoms. The number of aromatic nitrogens is 1. The molecule has 0 atom stereocenters. The number of urea groups is 1. The number of aryl methyl sites for hydroxylation is 1. The van der Waals surface area contributed by atoms with Crippen LogP contribution < -0.4 is 10.6 Å². The van der Waals surface area contributed by atoms with Crippen molar-refractivity contribution in [2.45, 2.75) is 26.9 Å². The van der Waals surface area contributed by atoms with Crippen LogP contribution in [-0.4, -0.2) is 23.2 Å². The van der Waals surface area contributed by atoms with Gasteiger partial charge in [0.1, 0.15) is 0 Å². The molecule has 0 saturated heterocycles. The minimum Gasteiger partial charge on any atom is -0.462 e. The van der Waals surface area contributed by atoms with Crippen molar-refractivity contribution in [1.29, 1.82) is 0 Å². The molecule has 2 amide bonds. The predicted molar refractivity (Wildman–Crippen MR) is 113 cm³/mol. The average molecular weight is 391 g/mol. The van der Waals surface area contributed by atoms with E-state index in [0.717, 1.165) is 12.2 Å². The zero-order valence-corrected chi connectivity index (χ0v) is 16.6. The number of hydrogen-bond donors (Lipinski definition) is 2. The summed E-state index contributed by atoms with van der Waals surface area (Å²) >= 11 is 0. The Hall–Kier alpha value is -3.54. The van der Waals surface area contributed by atoms with Crippen molar-refractivity contribution in [3.8, 4) is 0 Å². The number of hydrogen-bond acceptors (Lipinski definition) is 3. The van der Waals surface area contributed by atoms with E-state index >= 15 is 0 Å². The molecule has 0 unspecified atom stereocenters. The van der Waals surface area contributed by atoms with Gasteiger partial charge in [0.15, 0.2) is 0 Å². The fourth-order valence-electron chi connectivity index (χ4n) is 3.02. The molecule has 1 heterocycles. The van der Waals surface area contributed by atoms with E-state index in [2.05, 4.69) is 34.3 Å². The van der Waals surface area contributed by atoms with Gasteiger partial charge in [-0.3, -0.25) is 0 Å². The second-order valence-electron chi connectivity index (χ2n) is 6.66. The first kappa shape index (κ1) is 20.2. The van der Waals surface area contributed by atoms with E-state index in [1.165, 1.54) is 11.1 Å². The van der Waals surface area contributed by atoms with Gasteiger partial charge in [0.25, 0.3) is 0 Å². The Morgan fingerprint density at radius 2 is 1.86 bits per heavy atom. The maximum atomic E-state index is 12.3. The Labute approximate surface area is 170 Å². The van der Waals surface area contributed by atoms with Gasteiger partial charge in [0.05, 0.1) is 18.7 Å². The third-order valence-corrected chi connectivity index (χ3v) is 4.59. The number of benzene rings is 2. The van der Waals surface area contributed by atoms with Gasteiger partial charge in [-0.05, 0) is 55.3 Å². The Bertz CT molecular complexity index is 994. The summed E-state index contributed by atoms with van der Waals surface area (Å²) in [6.45, 7) is 5.29. The molecule has 1 aromatic heterocycles. The van der Waals surface area contributed by atoms with Gasteiger partial charge in [-0.15, -0.1) is 0 Å². The zero-order chi connectivity index (χ0) is 20.6. The fourth-order valence-corrected chi connectivity index (χ4v) is 3.02. The van der Waals surface area contributed by atoms with Crippen molar-refractivity contribution >= 4 is 17.7 Å². The van der Waals surface area contributed by atoms with E-state index in [1.807, 2.05) is 30.5 Å². The molecule has 0 aliphatic heterocycles. The summed E-state index contributed by atoms with van der Waals surface area (Å²) in [6, 6.07) is 18.5. The van der Waals surface area contributed by atoms with Crippen LogP contribution in [0.1, 0.15) is 34.1 Å². The molecule has 0 aliphatic rings. The number of nitrogens with zero attached hydrogens (tertiary/aromatic N) is 1. The number of nitrogens with one attached hydrogen (secondary N) is 2. The number of carbonyl (C=O) groups is 2. The highest BCUT2D eigenvalue weighted by Gasteiger charge is 2.09. The van der Waals surface area contributed by atoms with E-state index < -0.39 is 5.97 Å². The van der Waals surface area contributed by atoms with E-state index in [4.69, 9.17) is 4.74 Å². The van der Waals surface area contributed by atoms with Crippen LogP contribution in [0.25, 0.3) is 0 Å². The van der Waals surface area contributed by atoms with E-state index in [0.29, 0.717) is 24.4 Å². The van der Waals surface area contributed by atoms with Gasteiger partial charge in [-0.2, -0.15) is 0 Å². The summed E-state index contributed by atoms with van der Waals surface area (Å²) in [4.78, 5) is 24.1. The number of carbonyl (C=O) groups excluding carboxylic acids is 2. The van der Waals surface area contributed by atoms with Crippen LogP contribution in [0.2, 0.25) is 0 Å². The summed E-state index contributed by atoms with van der Waals surface area (Å²) in [5.41, 5.74) is 4.41. The first-order valence-electron chi connectivity index (χ1n) is 9.57. The second-order valence-corrected chi connectivity index (χ2v) is 6.66. The van der Waals surface area contributed by atoms with Crippen molar-refractivity contribution in [1.82, 2.24) is 9.88 Å². The van der Waals surface area contributed by atoms with Crippen molar-refractivity contribution in [3.05, 3.63) is 89.2 Å². The Morgan fingerprint density at radius 1 is 1.03 bits per heavy atom. The van der Waals surface area contributed by atoms with Crippen molar-refractivity contribution < 1.29 is 14.3 Å². The molecule has 6 nitrogen and oxygen atoms in total. The highest BCUT2D eigenvalue weighted by molar-refractivity contribution is 5.93. The van der Waals surface area contributed by atoms with Gasteiger partial charge in [-0.1, -0.05) is 30.3 Å². The van der Waals surface area contributed by atoms with E-state index in [1.54, 1.807) is 31.2 Å². The quantitative estimate of drug-likeness (QED) is 0.589. The highest BCUT2D eigenvalue weighted by atomic mass is 16.5. The molecule has 3 rings (SSSR count). The van der Waals surface area contributed by atoms with Crippen LogP contribution in [0.4, 0.5) is 10.5 Å². The lowest BCUT2D eigenvalue weighted by Crippen LogP contribution is -2.29. The molecule has 150 valence electrons. The lowest BCUT2D eigenvalue weighted by molar-refractivity contribution is 0.0526. The molecule has 0 fully saturated rings. The molecule has 3 aromatic rings. The minimum absolute atomic E-state index is 0.305. The molecule has 0 aliphatic carbocycles. The summed E-state index contributed by atoms with van der Waals surface area (Å²) in [7, 11) is 0. The summed E-state index contributed by atoms with van der Waals surface area (Å²) < 4.78 is 7.10. The Morgan fingerprint density at radius 3 is 2.66 bits per heavy atom. The normalized spacial score (nSPS) is 10.4. The van der Waals surface area contributed by atoms with Gasteiger partial charge in [0.2, 0.25) is 0 Å². The predicted octanol–water partition coefficient (Wildman–Crippen LogP) is 4.34. The topological polar surface area (TPSA) is 72.4 Å². The number of rotatable bonds is 7. The smallest absolute Gasteiger partial charge is 0.338 e. The van der Waals surface area contributed by atoms with Crippen LogP contribution in [0.5, 0.6) is 0 Å². The maximum Gasteiger partial charge on any atom is 0.338 e. The monoisotopic (exact) mass is 391 g/mol. The molecule has 0 spiro atoms. The summed E-state index contributed by atoms with van der Waals surface area (Å²) in [5.74, 6) is -0.411. The Balaban J connectivity index is 1.58. The lowest BCUT2D eigenvalue weighted by Gasteiger charge is -2.13. The lowest BCUT2D eigenvalue weighted by atomic mass is 10.1. The highest BCUT2D eigenvalue weighted by Crippen LogP contribution is 2.13. The van der Waals surface area contributed by atoms with Crippen LogP contribution in [0, 0.1) is 6.92 Å². The second kappa shape index (κ2) is 9.59. The van der Waals surface area contributed by atoms with Gasteiger partial charge in [-0.25, -0.2) is 9.59 Å². The van der Waals surface area contributed by atoms with Gasteiger partial charge >= 0.3 is 12.0 Å². The van der Waals surface area contributed by atoms with Gasteiger partial charge < -0.3 is 19.9 Å². The first-order chi connectivity index (χ1) is 14.1. The average Bonchev–Trinajstić information content (AvgIpc) is 3.15. The minimum atomic E-state index is -0.411. The fraction of sp³-hybridized carbons (Fsp3) is 0.217. The largest absolute Gasteiger partial charge is 0.462 e. The van der Waals surface area contributed by atoms with Crippen LogP contribution >= 0.6 is 0 Å². The summed E-state index contributed by atoms with van der Waals surface area (Å²) in [5, 5.41) is 5.61. The number of anilines is 1. The number of amides is 2. The van der Waals surface area contributed by atoms with Crippen LogP contribution in [-0.2, 0) is 17.8 Å². The Kier molecular flexibility index (Phi) is 6.68. The van der Waals surface area contributed by atoms with E-state index in [9.17, 15) is 9.59 Å². The van der Waals surface area contributed by atoms with Crippen LogP contribution in [0.3, 0.4) is 0 Å². The summed E-state index contributed by atoms with van der Waals surface area (Å²) in [6.07, 6.45) is 2.00. The standard InChI is InChI=1S/C23H25N3O3/c1-3-29-22(27)18-10-6-11-20(14-18)25-23(28)24-15-21-12-7-13-26(21)16-19-9-5-4-8-17(19)2/h4-14H,3,15-16H2,1-2H3,(H2,24,25,28). The molecular weight excluding hydrogens is 366 g/mol. The molecule has 2 aromatic carbocycles. The van der Waals surface area contributed by atoms with Crippen molar-refractivity contribution in [2.75, 3.05) is 11.9 Å². The molecular formula is C23H25N3O3. The molecule has 29 heavy (non-hydrogen) atoms. The van der Waals surface area contributed by atoms with E-state index in [-0.39, 0.29) is 6.03 Å². The van der Waals surface area contributed by atoms with Crippen LogP contribution in [0.15, 0.2) is 66.9 Å². The maximum absolute atomic E-state index is 12.3. The number of esters is 1.